The molecule has 6 atom stereocenters. The van der Waals surface area contributed by atoms with Crippen molar-refractivity contribution < 1.29 is 59.8 Å². The van der Waals surface area contributed by atoms with Crippen molar-refractivity contribution in [3.8, 4) is 0 Å². The molecular weight excluding hydrogens is 372 g/mol. The Bertz CT molecular complexity index is 320. The molecule has 0 radical (unpaired) electrons. The van der Waals surface area contributed by atoms with Crippen molar-refractivity contribution in [3.05, 3.63) is 0 Å². The molecule has 12 nitrogen and oxygen atoms in total. The number of hydrogen-bond donors (Lipinski definition) is 8. The van der Waals surface area contributed by atoms with Gasteiger partial charge in [0.2, 0.25) is 0 Å². The second-order valence-electron chi connectivity index (χ2n) is 5.76. The zero-order valence-corrected chi connectivity index (χ0v) is 15.0. The van der Waals surface area contributed by atoms with Gasteiger partial charge in [0, 0.05) is 0 Å². The average Bonchev–Trinajstić information content (AvgIpc) is 2.69. The Morgan fingerprint density at radius 2 is 0.926 bits per heavy atom. The summed E-state index contributed by atoms with van der Waals surface area (Å²) in [5.74, 6) is 0. The monoisotopic (exact) mass is 404 g/mol. The standard InChI is InChI=1S/C15H32O12/c16-1-10(20)5-24-8-13(25-6-11(21)2-17)14(9-27-15(23)4-19)26-7-12(22)3-18/h10-23H,1-9H2. The zero-order chi connectivity index (χ0) is 20.7. The van der Waals surface area contributed by atoms with Crippen LogP contribution in [0.25, 0.3) is 0 Å². The molecule has 0 aliphatic heterocycles. The molecule has 164 valence electrons. The van der Waals surface area contributed by atoms with Crippen LogP contribution in [-0.4, -0.2) is 137 Å². The van der Waals surface area contributed by atoms with Crippen molar-refractivity contribution in [2.45, 2.75) is 36.8 Å². The minimum Gasteiger partial charge on any atom is -0.394 e. The van der Waals surface area contributed by atoms with E-state index >= 15 is 0 Å². The molecule has 8 N–H and O–H groups in total. The van der Waals surface area contributed by atoms with Gasteiger partial charge >= 0.3 is 0 Å². The van der Waals surface area contributed by atoms with Crippen LogP contribution in [0.3, 0.4) is 0 Å². The maximum absolute atomic E-state index is 9.45. The highest BCUT2D eigenvalue weighted by atomic mass is 16.6. The molecule has 0 bridgehead atoms. The van der Waals surface area contributed by atoms with E-state index in [1.807, 2.05) is 0 Å². The van der Waals surface area contributed by atoms with Crippen LogP contribution in [0, 0.1) is 0 Å². The Kier molecular flexibility index (Phi) is 16.2. The minimum atomic E-state index is -1.49. The summed E-state index contributed by atoms with van der Waals surface area (Å²) in [5, 5.41) is 72.9. The van der Waals surface area contributed by atoms with Crippen LogP contribution < -0.4 is 0 Å². The van der Waals surface area contributed by atoms with E-state index in [-0.39, 0.29) is 33.0 Å². The maximum Gasteiger partial charge on any atom is 0.178 e. The van der Waals surface area contributed by atoms with E-state index < -0.39 is 63.2 Å². The number of ether oxygens (including phenoxy) is 4. The lowest BCUT2D eigenvalue weighted by Gasteiger charge is -2.29. The zero-order valence-electron chi connectivity index (χ0n) is 15.0. The third-order valence-electron chi connectivity index (χ3n) is 3.25. The van der Waals surface area contributed by atoms with Gasteiger partial charge in [0.25, 0.3) is 0 Å². The summed E-state index contributed by atoms with van der Waals surface area (Å²) in [4.78, 5) is 0. The minimum absolute atomic E-state index is 0.187. The van der Waals surface area contributed by atoms with Crippen LogP contribution >= 0.6 is 0 Å². The molecule has 0 amide bonds. The fourth-order valence-corrected chi connectivity index (χ4v) is 1.73. The van der Waals surface area contributed by atoms with Crippen molar-refractivity contribution in [1.29, 1.82) is 0 Å². The largest absolute Gasteiger partial charge is 0.394 e. The van der Waals surface area contributed by atoms with Gasteiger partial charge < -0.3 is 59.8 Å². The van der Waals surface area contributed by atoms with Gasteiger partial charge in [0.1, 0.15) is 30.5 Å². The van der Waals surface area contributed by atoms with Crippen LogP contribution in [-0.2, 0) is 18.9 Å². The number of aliphatic hydroxyl groups is 8. The van der Waals surface area contributed by atoms with Crippen LogP contribution in [0.4, 0.5) is 0 Å². The Balaban J connectivity index is 4.93. The first-order chi connectivity index (χ1) is 12.9. The van der Waals surface area contributed by atoms with E-state index in [0.29, 0.717) is 0 Å². The SMILES string of the molecule is OCC(O)COCC(OCC(O)CO)C(COC(O)CO)OCC(O)CO. The summed E-state index contributed by atoms with van der Waals surface area (Å²) in [5.41, 5.74) is 0. The van der Waals surface area contributed by atoms with Crippen molar-refractivity contribution in [2.24, 2.45) is 0 Å². The summed E-state index contributed by atoms with van der Waals surface area (Å²) in [6, 6.07) is 0. The predicted molar refractivity (Wildman–Crippen MR) is 88.6 cm³/mol. The maximum atomic E-state index is 9.45. The van der Waals surface area contributed by atoms with Crippen molar-refractivity contribution in [1.82, 2.24) is 0 Å². The lowest BCUT2D eigenvalue weighted by Crippen LogP contribution is -2.43. The quantitative estimate of drug-likeness (QED) is 0.102. The molecule has 0 saturated heterocycles. The van der Waals surface area contributed by atoms with Gasteiger partial charge in [-0.05, 0) is 0 Å². The number of aliphatic hydroxyl groups excluding tert-OH is 8. The average molecular weight is 404 g/mol. The van der Waals surface area contributed by atoms with Crippen LogP contribution in [0.2, 0.25) is 0 Å². The Morgan fingerprint density at radius 1 is 0.481 bits per heavy atom. The summed E-state index contributed by atoms with van der Waals surface area (Å²) < 4.78 is 21.0. The summed E-state index contributed by atoms with van der Waals surface area (Å²) in [7, 11) is 0. The topological polar surface area (TPSA) is 199 Å². The summed E-state index contributed by atoms with van der Waals surface area (Å²) in [6.07, 6.45) is -6.87. The smallest absolute Gasteiger partial charge is 0.178 e. The van der Waals surface area contributed by atoms with Crippen molar-refractivity contribution in [3.63, 3.8) is 0 Å². The van der Waals surface area contributed by atoms with Gasteiger partial charge in [-0.25, -0.2) is 0 Å². The fraction of sp³-hybridized carbons (Fsp3) is 1.00. The molecule has 0 aliphatic carbocycles. The van der Waals surface area contributed by atoms with Gasteiger partial charge in [0.05, 0.1) is 59.5 Å². The van der Waals surface area contributed by atoms with Gasteiger partial charge in [-0.2, -0.15) is 0 Å². The van der Waals surface area contributed by atoms with Crippen molar-refractivity contribution >= 4 is 0 Å². The summed E-state index contributed by atoms with van der Waals surface area (Å²) in [6.45, 7) is -3.58. The Hall–Kier alpha value is -0.480. The molecule has 0 fully saturated rings. The van der Waals surface area contributed by atoms with Gasteiger partial charge in [0.15, 0.2) is 6.29 Å². The van der Waals surface area contributed by atoms with E-state index in [0.717, 1.165) is 0 Å². The predicted octanol–water partition coefficient (Wildman–Crippen LogP) is -4.84. The van der Waals surface area contributed by atoms with E-state index in [1.165, 1.54) is 0 Å². The lowest BCUT2D eigenvalue weighted by atomic mass is 10.2. The molecule has 0 aromatic carbocycles. The third-order valence-corrected chi connectivity index (χ3v) is 3.25. The van der Waals surface area contributed by atoms with Gasteiger partial charge in [-0.15, -0.1) is 0 Å². The first-order valence-electron chi connectivity index (χ1n) is 8.46. The molecule has 0 aliphatic rings. The second kappa shape index (κ2) is 16.5. The first-order valence-corrected chi connectivity index (χ1v) is 8.46. The van der Waals surface area contributed by atoms with E-state index in [2.05, 4.69) is 0 Å². The molecule has 0 saturated carbocycles. The highest BCUT2D eigenvalue weighted by Gasteiger charge is 2.27. The number of hydrogen-bond acceptors (Lipinski definition) is 12. The number of rotatable bonds is 18. The molecule has 6 unspecified atom stereocenters. The molecular formula is C15H32O12. The molecule has 0 aromatic rings. The molecule has 0 aromatic heterocycles. The van der Waals surface area contributed by atoms with Crippen LogP contribution in [0.15, 0.2) is 0 Å². The second-order valence-corrected chi connectivity index (χ2v) is 5.76. The highest BCUT2D eigenvalue weighted by Crippen LogP contribution is 2.10. The highest BCUT2D eigenvalue weighted by molar-refractivity contribution is 4.73. The normalized spacial score (nSPS) is 18.7. The van der Waals surface area contributed by atoms with Gasteiger partial charge in [-0.3, -0.25) is 0 Å². The van der Waals surface area contributed by atoms with E-state index in [4.69, 9.17) is 39.4 Å². The van der Waals surface area contributed by atoms with E-state index in [9.17, 15) is 20.4 Å². The first kappa shape index (κ1) is 26.5. The lowest BCUT2D eigenvalue weighted by molar-refractivity contribution is -0.189. The van der Waals surface area contributed by atoms with E-state index in [1.54, 1.807) is 0 Å². The third kappa shape index (κ3) is 13.3. The van der Waals surface area contributed by atoms with Crippen molar-refractivity contribution in [2.75, 3.05) is 59.5 Å². The molecule has 27 heavy (non-hydrogen) atoms. The summed E-state index contributed by atoms with van der Waals surface area (Å²) >= 11 is 0. The molecule has 0 rings (SSSR count). The Morgan fingerprint density at radius 3 is 1.37 bits per heavy atom. The van der Waals surface area contributed by atoms with Gasteiger partial charge in [-0.1, -0.05) is 0 Å². The fourth-order valence-electron chi connectivity index (χ4n) is 1.73. The van der Waals surface area contributed by atoms with Crippen LogP contribution in [0.5, 0.6) is 0 Å². The Labute approximate surface area is 157 Å². The molecule has 12 heteroatoms. The molecule has 0 heterocycles. The molecule has 0 spiro atoms. The van der Waals surface area contributed by atoms with Crippen LogP contribution in [0.1, 0.15) is 0 Å².